The predicted octanol–water partition coefficient (Wildman–Crippen LogP) is 3.09. The summed E-state index contributed by atoms with van der Waals surface area (Å²) in [5.74, 6) is 1.07. The van der Waals surface area contributed by atoms with Crippen molar-refractivity contribution in [1.82, 2.24) is 0 Å². The standard InChI is InChI=1S/C9H8S2/c10-8-5-1-3-7-4-2-6-11-9(7)8/h1-5,10H,6H2. The fourth-order valence-electron chi connectivity index (χ4n) is 1.14. The minimum absolute atomic E-state index is 1.07. The van der Waals surface area contributed by atoms with Crippen molar-refractivity contribution >= 4 is 30.5 Å². The number of thiol groups is 1. The minimum atomic E-state index is 1.07. The van der Waals surface area contributed by atoms with Crippen molar-refractivity contribution < 1.29 is 0 Å². The lowest BCUT2D eigenvalue weighted by molar-refractivity contribution is 1.23. The van der Waals surface area contributed by atoms with Crippen molar-refractivity contribution in [3.63, 3.8) is 0 Å². The molecule has 1 heterocycles. The molecule has 11 heavy (non-hydrogen) atoms. The van der Waals surface area contributed by atoms with Crippen LogP contribution < -0.4 is 0 Å². The Kier molecular flexibility index (Phi) is 1.96. The Hall–Kier alpha value is -0.340. The van der Waals surface area contributed by atoms with Gasteiger partial charge in [-0.2, -0.15) is 0 Å². The minimum Gasteiger partial charge on any atom is -0.142 e. The fraction of sp³-hybridized carbons (Fsp3) is 0.111. The number of rotatable bonds is 0. The summed E-state index contributed by atoms with van der Waals surface area (Å²) < 4.78 is 0. The van der Waals surface area contributed by atoms with Crippen LogP contribution in [0.25, 0.3) is 6.08 Å². The average molecular weight is 180 g/mol. The van der Waals surface area contributed by atoms with E-state index in [1.54, 1.807) is 0 Å². The van der Waals surface area contributed by atoms with E-state index in [0.29, 0.717) is 0 Å². The van der Waals surface area contributed by atoms with Crippen LogP contribution in [0, 0.1) is 0 Å². The van der Waals surface area contributed by atoms with Crippen LogP contribution in [0.15, 0.2) is 34.1 Å². The molecule has 1 aliphatic heterocycles. The first-order valence-corrected chi connectivity index (χ1v) is 4.92. The molecule has 1 aromatic carbocycles. The average Bonchev–Trinajstić information content (AvgIpc) is 2.06. The maximum Gasteiger partial charge on any atom is 0.0281 e. The van der Waals surface area contributed by atoms with E-state index in [1.165, 1.54) is 10.5 Å². The summed E-state index contributed by atoms with van der Waals surface area (Å²) in [4.78, 5) is 2.41. The Balaban J connectivity index is 2.60. The van der Waals surface area contributed by atoms with Gasteiger partial charge in [-0.15, -0.1) is 24.4 Å². The quantitative estimate of drug-likeness (QED) is 0.599. The monoisotopic (exact) mass is 180 g/mol. The fourth-order valence-corrected chi connectivity index (χ4v) is 2.42. The molecule has 1 aromatic rings. The van der Waals surface area contributed by atoms with Crippen LogP contribution in [0.2, 0.25) is 0 Å². The molecule has 2 rings (SSSR count). The summed E-state index contributed by atoms with van der Waals surface area (Å²) in [6.45, 7) is 0. The van der Waals surface area contributed by atoms with E-state index < -0.39 is 0 Å². The Morgan fingerprint density at radius 1 is 1.36 bits per heavy atom. The maximum absolute atomic E-state index is 4.38. The molecule has 0 radical (unpaired) electrons. The Labute approximate surface area is 76.1 Å². The van der Waals surface area contributed by atoms with E-state index in [4.69, 9.17) is 0 Å². The van der Waals surface area contributed by atoms with E-state index in [1.807, 2.05) is 23.9 Å². The highest BCUT2D eigenvalue weighted by atomic mass is 32.2. The predicted molar refractivity (Wildman–Crippen MR) is 53.5 cm³/mol. The number of hydrogen-bond acceptors (Lipinski definition) is 2. The van der Waals surface area contributed by atoms with Gasteiger partial charge >= 0.3 is 0 Å². The smallest absolute Gasteiger partial charge is 0.0281 e. The topological polar surface area (TPSA) is 0 Å². The van der Waals surface area contributed by atoms with Crippen LogP contribution in [-0.2, 0) is 0 Å². The molecule has 0 unspecified atom stereocenters. The molecular weight excluding hydrogens is 172 g/mol. The summed E-state index contributed by atoms with van der Waals surface area (Å²) in [5.41, 5.74) is 1.30. The van der Waals surface area contributed by atoms with Gasteiger partial charge in [0.05, 0.1) is 0 Å². The Morgan fingerprint density at radius 2 is 2.27 bits per heavy atom. The zero-order valence-electron chi connectivity index (χ0n) is 5.95. The second-order valence-corrected chi connectivity index (χ2v) is 3.92. The van der Waals surface area contributed by atoms with Gasteiger partial charge in [0, 0.05) is 15.5 Å². The molecule has 0 spiro atoms. The van der Waals surface area contributed by atoms with Gasteiger partial charge in [-0.25, -0.2) is 0 Å². The molecule has 0 aliphatic carbocycles. The first kappa shape index (κ1) is 7.32. The molecule has 0 bridgehead atoms. The second kappa shape index (κ2) is 2.95. The molecule has 56 valence electrons. The first-order chi connectivity index (χ1) is 5.38. The van der Waals surface area contributed by atoms with Crippen LogP contribution in [0.4, 0.5) is 0 Å². The van der Waals surface area contributed by atoms with E-state index in [-0.39, 0.29) is 0 Å². The molecule has 2 heteroatoms. The highest BCUT2D eigenvalue weighted by Gasteiger charge is 2.06. The molecule has 0 saturated carbocycles. The maximum atomic E-state index is 4.38. The third-order valence-electron chi connectivity index (χ3n) is 1.65. The molecule has 0 atom stereocenters. The van der Waals surface area contributed by atoms with Gasteiger partial charge in [-0.05, 0) is 11.6 Å². The molecule has 0 fully saturated rings. The van der Waals surface area contributed by atoms with Crippen molar-refractivity contribution in [3.8, 4) is 0 Å². The highest BCUT2D eigenvalue weighted by molar-refractivity contribution is 8.00. The van der Waals surface area contributed by atoms with Crippen LogP contribution >= 0.6 is 24.4 Å². The van der Waals surface area contributed by atoms with Crippen molar-refractivity contribution in [2.75, 3.05) is 5.75 Å². The number of thioether (sulfide) groups is 1. The lowest BCUT2D eigenvalue weighted by Gasteiger charge is -2.10. The van der Waals surface area contributed by atoms with E-state index >= 15 is 0 Å². The van der Waals surface area contributed by atoms with Crippen molar-refractivity contribution in [2.45, 2.75) is 9.79 Å². The normalized spacial score (nSPS) is 14.6. The van der Waals surface area contributed by atoms with Gasteiger partial charge in [-0.1, -0.05) is 24.3 Å². The molecule has 0 saturated heterocycles. The molecule has 0 nitrogen and oxygen atoms in total. The van der Waals surface area contributed by atoms with Gasteiger partial charge in [0.25, 0.3) is 0 Å². The van der Waals surface area contributed by atoms with Gasteiger partial charge in [0.15, 0.2) is 0 Å². The van der Waals surface area contributed by atoms with E-state index in [0.717, 1.165) is 10.6 Å². The van der Waals surface area contributed by atoms with Crippen molar-refractivity contribution in [3.05, 3.63) is 29.8 Å². The van der Waals surface area contributed by atoms with Crippen molar-refractivity contribution in [1.29, 1.82) is 0 Å². The third-order valence-corrected chi connectivity index (χ3v) is 3.27. The van der Waals surface area contributed by atoms with Crippen molar-refractivity contribution in [2.24, 2.45) is 0 Å². The Bertz CT molecular complexity index is 302. The Morgan fingerprint density at radius 3 is 3.09 bits per heavy atom. The van der Waals surface area contributed by atoms with Gasteiger partial charge in [-0.3, -0.25) is 0 Å². The SMILES string of the molecule is Sc1cccc2c1SCC=C2. The zero-order chi connectivity index (χ0) is 7.68. The number of hydrogen-bond donors (Lipinski definition) is 1. The van der Waals surface area contributed by atoms with E-state index in [2.05, 4.69) is 30.8 Å². The van der Waals surface area contributed by atoms with E-state index in [9.17, 15) is 0 Å². The van der Waals surface area contributed by atoms with Gasteiger partial charge in [0.1, 0.15) is 0 Å². The molecule has 0 aromatic heterocycles. The summed E-state index contributed by atoms with van der Waals surface area (Å²) in [6, 6.07) is 6.20. The molecule has 1 aliphatic rings. The highest BCUT2D eigenvalue weighted by Crippen LogP contribution is 2.33. The summed E-state index contributed by atoms with van der Waals surface area (Å²) in [6.07, 6.45) is 4.34. The summed E-state index contributed by atoms with van der Waals surface area (Å²) >= 11 is 6.23. The first-order valence-electron chi connectivity index (χ1n) is 3.49. The lowest BCUT2D eigenvalue weighted by atomic mass is 10.2. The summed E-state index contributed by atoms with van der Waals surface area (Å²) in [7, 11) is 0. The summed E-state index contributed by atoms with van der Waals surface area (Å²) in [5, 5.41) is 0. The third kappa shape index (κ3) is 1.33. The lowest BCUT2D eigenvalue weighted by Crippen LogP contribution is -1.87. The second-order valence-electron chi connectivity index (χ2n) is 2.41. The largest absolute Gasteiger partial charge is 0.142 e. The van der Waals surface area contributed by atoms with Gasteiger partial charge < -0.3 is 0 Å². The molecule has 0 N–H and O–H groups in total. The molecule has 0 amide bonds. The van der Waals surface area contributed by atoms with Gasteiger partial charge in [0.2, 0.25) is 0 Å². The zero-order valence-corrected chi connectivity index (χ0v) is 7.66. The van der Waals surface area contributed by atoms with Crippen LogP contribution in [-0.4, -0.2) is 5.75 Å². The van der Waals surface area contributed by atoms with Crippen LogP contribution in [0.3, 0.4) is 0 Å². The van der Waals surface area contributed by atoms with Crippen LogP contribution in [0.1, 0.15) is 5.56 Å². The number of benzene rings is 1. The molecular formula is C9H8S2. The number of fused-ring (bicyclic) bond motifs is 1. The van der Waals surface area contributed by atoms with Crippen LogP contribution in [0.5, 0.6) is 0 Å².